The number of aromatic nitrogens is 3. The Morgan fingerprint density at radius 3 is 2.68 bits per heavy atom. The molecule has 25 heavy (non-hydrogen) atoms. The fraction of sp³-hybridized carbons (Fsp3) is 0.333. The Balaban J connectivity index is 1.74. The maximum Gasteiger partial charge on any atom is 0.243 e. The van der Waals surface area contributed by atoms with Crippen molar-refractivity contribution in [2.45, 2.75) is 37.1 Å². The molecule has 0 saturated carbocycles. The lowest BCUT2D eigenvalue weighted by molar-refractivity contribution is 0.251. The number of fused-ring (bicyclic) bond motifs is 1. The van der Waals surface area contributed by atoms with Crippen LogP contribution in [0.2, 0.25) is 0 Å². The summed E-state index contributed by atoms with van der Waals surface area (Å²) in [6, 6.07) is 8.68. The zero-order chi connectivity index (χ0) is 17.4. The third-order valence-corrected chi connectivity index (χ3v) is 6.63. The Kier molecular flexibility index (Phi) is 4.05. The molecule has 7 heteroatoms. The molecule has 0 radical (unpaired) electrons. The van der Waals surface area contributed by atoms with Gasteiger partial charge in [-0.1, -0.05) is 24.1 Å². The number of sulfonamides is 1. The summed E-state index contributed by atoms with van der Waals surface area (Å²) in [6.45, 7) is 2.46. The first kappa shape index (κ1) is 16.2. The highest BCUT2D eigenvalue weighted by molar-refractivity contribution is 7.89. The number of piperidine rings is 1. The molecule has 1 saturated heterocycles. The first-order chi connectivity index (χ1) is 12.1. The summed E-state index contributed by atoms with van der Waals surface area (Å²) in [5.41, 5.74) is 1.80. The zero-order valence-electron chi connectivity index (χ0n) is 14.0. The molecule has 4 rings (SSSR count). The van der Waals surface area contributed by atoms with Crippen LogP contribution in [0.5, 0.6) is 0 Å². The number of rotatable bonds is 3. The lowest BCUT2D eigenvalue weighted by Crippen LogP contribution is -2.38. The van der Waals surface area contributed by atoms with Gasteiger partial charge in [0, 0.05) is 25.1 Å². The Morgan fingerprint density at radius 2 is 1.88 bits per heavy atom. The molecule has 0 aliphatic carbocycles. The summed E-state index contributed by atoms with van der Waals surface area (Å²) in [7, 11) is -3.55. The molecule has 1 aliphatic heterocycles. The van der Waals surface area contributed by atoms with Crippen LogP contribution < -0.4 is 0 Å². The first-order valence-electron chi connectivity index (χ1n) is 8.44. The SMILES string of the molecule is Cc1ccc(S(=O)(=O)N2CCCC[C@@H]2c2ccn3ccnc3n2)cc1. The van der Waals surface area contributed by atoms with E-state index in [-0.39, 0.29) is 6.04 Å². The van der Waals surface area contributed by atoms with Gasteiger partial charge >= 0.3 is 0 Å². The maximum absolute atomic E-state index is 13.2. The highest BCUT2D eigenvalue weighted by atomic mass is 32.2. The molecule has 3 aromatic rings. The van der Waals surface area contributed by atoms with Gasteiger partial charge in [-0.25, -0.2) is 18.4 Å². The summed E-state index contributed by atoms with van der Waals surface area (Å²) in [5.74, 6) is 0.593. The van der Waals surface area contributed by atoms with Crippen LogP contribution in [0.25, 0.3) is 5.78 Å². The van der Waals surface area contributed by atoms with Crippen LogP contribution in [0.4, 0.5) is 0 Å². The average molecular weight is 356 g/mol. The van der Waals surface area contributed by atoms with Crippen molar-refractivity contribution in [3.63, 3.8) is 0 Å². The molecule has 130 valence electrons. The largest absolute Gasteiger partial charge is 0.291 e. The fourth-order valence-electron chi connectivity index (χ4n) is 3.34. The molecule has 0 N–H and O–H groups in total. The van der Waals surface area contributed by atoms with E-state index in [4.69, 9.17) is 0 Å². The summed E-state index contributed by atoms with van der Waals surface area (Å²) in [4.78, 5) is 9.13. The topological polar surface area (TPSA) is 67.6 Å². The highest BCUT2D eigenvalue weighted by Crippen LogP contribution is 2.34. The van der Waals surface area contributed by atoms with Gasteiger partial charge in [0.1, 0.15) is 0 Å². The van der Waals surface area contributed by atoms with Crippen molar-refractivity contribution in [1.82, 2.24) is 18.7 Å². The summed E-state index contributed by atoms with van der Waals surface area (Å²) < 4.78 is 29.8. The van der Waals surface area contributed by atoms with Crippen LogP contribution in [0, 0.1) is 6.92 Å². The Morgan fingerprint density at radius 1 is 1.08 bits per heavy atom. The van der Waals surface area contributed by atoms with Crippen molar-refractivity contribution in [1.29, 1.82) is 0 Å². The van der Waals surface area contributed by atoms with E-state index in [9.17, 15) is 8.42 Å². The van der Waals surface area contributed by atoms with Gasteiger partial charge in [0.25, 0.3) is 0 Å². The first-order valence-corrected chi connectivity index (χ1v) is 9.88. The number of benzene rings is 1. The van der Waals surface area contributed by atoms with E-state index in [2.05, 4.69) is 9.97 Å². The van der Waals surface area contributed by atoms with E-state index in [1.165, 1.54) is 0 Å². The van der Waals surface area contributed by atoms with Crippen LogP contribution >= 0.6 is 0 Å². The summed E-state index contributed by atoms with van der Waals surface area (Å²) in [5, 5.41) is 0. The molecule has 1 aromatic carbocycles. The molecule has 1 aliphatic rings. The van der Waals surface area contributed by atoms with Crippen LogP contribution in [0.1, 0.15) is 36.6 Å². The standard InChI is InChI=1S/C18H20N4O2S/c1-14-5-7-15(8-6-14)25(23,24)22-11-3-2-4-17(22)16-9-12-21-13-10-19-18(21)20-16/h5-10,12-13,17H,2-4,11H2,1H3/t17-/m1/s1. The quantitative estimate of drug-likeness (QED) is 0.724. The van der Waals surface area contributed by atoms with Gasteiger partial charge in [-0.05, 0) is 38.0 Å². The molecule has 1 fully saturated rings. The molecule has 0 spiro atoms. The van der Waals surface area contributed by atoms with Crippen molar-refractivity contribution in [2.75, 3.05) is 6.54 Å². The highest BCUT2D eigenvalue weighted by Gasteiger charge is 2.35. The maximum atomic E-state index is 13.2. The van der Waals surface area contributed by atoms with E-state index in [1.807, 2.05) is 41.9 Å². The lowest BCUT2D eigenvalue weighted by atomic mass is 10.0. The van der Waals surface area contributed by atoms with Crippen LogP contribution in [0.3, 0.4) is 0 Å². The van der Waals surface area contributed by atoms with Gasteiger partial charge in [-0.2, -0.15) is 4.31 Å². The van der Waals surface area contributed by atoms with E-state index in [0.29, 0.717) is 17.2 Å². The Labute approximate surface area is 147 Å². The van der Waals surface area contributed by atoms with Crippen molar-refractivity contribution >= 4 is 15.8 Å². The second kappa shape index (κ2) is 6.24. The lowest BCUT2D eigenvalue weighted by Gasteiger charge is -2.34. The van der Waals surface area contributed by atoms with E-state index in [0.717, 1.165) is 30.5 Å². The van der Waals surface area contributed by atoms with Crippen molar-refractivity contribution < 1.29 is 8.42 Å². The van der Waals surface area contributed by atoms with Gasteiger partial charge in [0.05, 0.1) is 16.6 Å². The summed E-state index contributed by atoms with van der Waals surface area (Å²) >= 11 is 0. The van der Waals surface area contributed by atoms with E-state index in [1.54, 1.807) is 22.6 Å². The van der Waals surface area contributed by atoms with E-state index < -0.39 is 10.0 Å². The minimum atomic E-state index is -3.55. The number of imidazole rings is 1. The normalized spacial score (nSPS) is 19.3. The third-order valence-electron chi connectivity index (χ3n) is 4.71. The van der Waals surface area contributed by atoms with Crippen LogP contribution in [-0.2, 0) is 10.0 Å². The second-order valence-electron chi connectivity index (χ2n) is 6.43. The fourth-order valence-corrected chi connectivity index (χ4v) is 5.01. The molecule has 1 atom stereocenters. The van der Waals surface area contributed by atoms with Gasteiger partial charge in [-0.3, -0.25) is 4.40 Å². The number of aryl methyl sites for hydroxylation is 1. The van der Waals surface area contributed by atoms with Crippen molar-refractivity contribution in [2.24, 2.45) is 0 Å². The molecular weight excluding hydrogens is 336 g/mol. The van der Waals surface area contributed by atoms with Crippen LogP contribution in [-0.4, -0.2) is 33.6 Å². The Bertz CT molecular complexity index is 995. The Hall–Kier alpha value is -2.25. The minimum Gasteiger partial charge on any atom is -0.291 e. The zero-order valence-corrected chi connectivity index (χ0v) is 14.9. The average Bonchev–Trinajstić information content (AvgIpc) is 3.10. The molecule has 3 heterocycles. The predicted molar refractivity (Wildman–Crippen MR) is 94.6 cm³/mol. The molecule has 6 nitrogen and oxygen atoms in total. The smallest absolute Gasteiger partial charge is 0.243 e. The van der Waals surface area contributed by atoms with Crippen molar-refractivity contribution in [3.8, 4) is 0 Å². The molecule has 0 unspecified atom stereocenters. The molecule has 0 amide bonds. The molecular formula is C18H20N4O2S. The van der Waals surface area contributed by atoms with Gasteiger partial charge in [0.15, 0.2) is 0 Å². The third kappa shape index (κ3) is 2.94. The van der Waals surface area contributed by atoms with E-state index >= 15 is 0 Å². The number of nitrogens with zero attached hydrogens (tertiary/aromatic N) is 4. The number of hydrogen-bond donors (Lipinski definition) is 0. The molecule has 0 bridgehead atoms. The molecule has 2 aromatic heterocycles. The minimum absolute atomic E-state index is 0.248. The predicted octanol–water partition coefficient (Wildman–Crippen LogP) is 2.95. The van der Waals surface area contributed by atoms with Crippen molar-refractivity contribution in [3.05, 3.63) is 60.2 Å². The van der Waals surface area contributed by atoms with Crippen LogP contribution in [0.15, 0.2) is 53.8 Å². The summed E-state index contributed by atoms with van der Waals surface area (Å²) in [6.07, 6.45) is 8.03. The van der Waals surface area contributed by atoms with Gasteiger partial charge < -0.3 is 0 Å². The number of hydrogen-bond acceptors (Lipinski definition) is 4. The monoisotopic (exact) mass is 356 g/mol. The van der Waals surface area contributed by atoms with Gasteiger partial charge in [0.2, 0.25) is 15.8 Å². The van der Waals surface area contributed by atoms with Gasteiger partial charge in [-0.15, -0.1) is 0 Å². The second-order valence-corrected chi connectivity index (χ2v) is 8.32.